The van der Waals surface area contributed by atoms with Crippen molar-refractivity contribution in [3.8, 4) is 39.5 Å². The maximum atomic E-state index is 16.9. The van der Waals surface area contributed by atoms with Gasteiger partial charge in [0.1, 0.15) is 35.3 Å². The van der Waals surface area contributed by atoms with Crippen LogP contribution in [0.4, 0.5) is 27.2 Å². The van der Waals surface area contributed by atoms with E-state index in [2.05, 4.69) is 30.6 Å². The van der Waals surface area contributed by atoms with Gasteiger partial charge in [0, 0.05) is 35.0 Å². The molecule has 10 rings (SSSR count). The number of thiazole rings is 1. The quantitative estimate of drug-likeness (QED) is 0.0899. The van der Waals surface area contributed by atoms with E-state index in [1.165, 1.54) is 26.5 Å². The summed E-state index contributed by atoms with van der Waals surface area (Å²) in [5, 5.41) is 6.98. The lowest BCUT2D eigenvalue weighted by Gasteiger charge is -2.38. The minimum atomic E-state index is -4.72. The summed E-state index contributed by atoms with van der Waals surface area (Å²) in [5.74, 6) is -0.534. The number of ether oxygens (including phenoxy) is 4. The number of carbonyl (C=O) groups is 4. The van der Waals surface area contributed by atoms with Crippen LogP contribution in [-0.4, -0.2) is 115 Å². The number of amides is 4. The lowest BCUT2D eigenvalue weighted by atomic mass is 9.85. The minimum absolute atomic E-state index is 0.00781. The lowest BCUT2D eigenvalue weighted by Crippen LogP contribution is -2.54. The highest BCUT2D eigenvalue weighted by molar-refractivity contribution is 7.09. The zero-order chi connectivity index (χ0) is 52.3. The van der Waals surface area contributed by atoms with E-state index in [-0.39, 0.29) is 52.2 Å². The average Bonchev–Trinajstić information content (AvgIpc) is 4.23. The Morgan fingerprint density at radius 1 is 0.838 bits per heavy atom. The summed E-state index contributed by atoms with van der Waals surface area (Å²) in [4.78, 5) is 76.3. The first-order valence-corrected chi connectivity index (χ1v) is 25.5. The Labute approximate surface area is 426 Å². The molecule has 0 spiro atoms. The van der Waals surface area contributed by atoms with E-state index in [0.29, 0.717) is 102 Å². The molecule has 23 heteroatoms. The maximum absolute atomic E-state index is 16.9. The number of nitrogens with one attached hydrogen (secondary N) is 4. The van der Waals surface area contributed by atoms with Crippen molar-refractivity contribution in [2.45, 2.75) is 115 Å². The highest BCUT2D eigenvalue weighted by Gasteiger charge is 2.43. The first-order valence-electron chi connectivity index (χ1n) is 24.6. The number of fused-ring (bicyclic) bond motifs is 5. The SMILES string of the molecule is COC(=O)NC(C(=O)N1CCC[C@H]1c1ncc(-c2ccc3c(c2)cc2n3C(c3nc(C(F)(F)F)cs3)Oc3cc(-c4cnc([C@@H]5CCCN5C(=O)[C@@H](NC(=O)OC)C(C)C)[nH]4)cc(F)c3-2)[nH]1)C1C[C@@H](C)O[C@@H](C)C1. The predicted molar refractivity (Wildman–Crippen MR) is 262 cm³/mol. The molecule has 3 fully saturated rings. The van der Waals surface area contributed by atoms with Gasteiger partial charge < -0.3 is 49.3 Å². The van der Waals surface area contributed by atoms with Crippen molar-refractivity contribution in [2.75, 3.05) is 27.3 Å². The highest BCUT2D eigenvalue weighted by atomic mass is 32.1. The molecule has 8 heterocycles. The lowest BCUT2D eigenvalue weighted by molar-refractivity contribution is -0.141. The van der Waals surface area contributed by atoms with Crippen LogP contribution in [0.25, 0.3) is 44.7 Å². The third kappa shape index (κ3) is 9.54. The maximum Gasteiger partial charge on any atom is 0.434 e. The molecule has 3 unspecified atom stereocenters. The first kappa shape index (κ1) is 50.5. The number of imidazole rings is 2. The van der Waals surface area contributed by atoms with Gasteiger partial charge >= 0.3 is 18.4 Å². The van der Waals surface area contributed by atoms with E-state index in [9.17, 15) is 32.3 Å². The number of methoxy groups -OCH3 is 2. The van der Waals surface area contributed by atoms with Gasteiger partial charge in [0.15, 0.2) is 10.7 Å². The van der Waals surface area contributed by atoms with E-state index in [4.69, 9.17) is 23.9 Å². The fourth-order valence-electron chi connectivity index (χ4n) is 11.1. The van der Waals surface area contributed by atoms with Crippen LogP contribution in [0, 0.1) is 17.7 Å². The molecule has 0 bridgehead atoms. The van der Waals surface area contributed by atoms with Gasteiger partial charge in [-0.3, -0.25) is 14.2 Å². The molecule has 8 atom stereocenters. The molecule has 4 amide bonds. The number of hydrogen-bond donors (Lipinski definition) is 4. The number of rotatable bonds is 11. The molecule has 0 aliphatic carbocycles. The fourth-order valence-corrected chi connectivity index (χ4v) is 11.9. The second kappa shape index (κ2) is 20.0. The smallest absolute Gasteiger partial charge is 0.434 e. The number of hydrogen-bond acceptors (Lipinski definition) is 12. The Kier molecular flexibility index (Phi) is 13.7. The normalized spacial score (nSPS) is 22.5. The monoisotopic (exact) mass is 1040 g/mol. The van der Waals surface area contributed by atoms with Gasteiger partial charge in [-0.25, -0.2) is 28.9 Å². The Bertz CT molecular complexity index is 3100. The van der Waals surface area contributed by atoms with Crippen LogP contribution < -0.4 is 15.4 Å². The largest absolute Gasteiger partial charge is 0.462 e. The number of nitrogens with zero attached hydrogens (tertiary/aromatic N) is 6. The zero-order valence-corrected chi connectivity index (χ0v) is 42.2. The van der Waals surface area contributed by atoms with Crippen LogP contribution in [-0.2, 0) is 30.0 Å². The van der Waals surface area contributed by atoms with Gasteiger partial charge in [-0.2, -0.15) is 13.2 Å². The van der Waals surface area contributed by atoms with Crippen LogP contribution in [0.2, 0.25) is 0 Å². The van der Waals surface area contributed by atoms with E-state index in [0.717, 1.165) is 16.7 Å². The van der Waals surface area contributed by atoms with E-state index in [1.54, 1.807) is 38.8 Å². The number of alkyl halides is 3. The van der Waals surface area contributed by atoms with Gasteiger partial charge in [0.2, 0.25) is 18.0 Å². The molecule has 3 saturated heterocycles. The number of halogens is 4. The molecule has 74 heavy (non-hydrogen) atoms. The third-order valence-corrected chi connectivity index (χ3v) is 15.4. The summed E-state index contributed by atoms with van der Waals surface area (Å²) in [6.45, 7) is 8.43. The number of benzene rings is 2. The number of likely N-dealkylation sites (tertiary alicyclic amines) is 2. The van der Waals surface area contributed by atoms with Crippen LogP contribution in [0.3, 0.4) is 0 Å². The molecule has 18 nitrogen and oxygen atoms in total. The van der Waals surface area contributed by atoms with Gasteiger partial charge in [-0.05, 0) is 94.5 Å². The van der Waals surface area contributed by atoms with Crippen molar-refractivity contribution in [2.24, 2.45) is 11.8 Å². The average molecular weight is 1050 g/mol. The Morgan fingerprint density at radius 2 is 1.46 bits per heavy atom. The molecule has 4 N–H and O–H groups in total. The second-order valence-electron chi connectivity index (χ2n) is 19.7. The van der Waals surface area contributed by atoms with Crippen LogP contribution in [0.15, 0.2) is 54.2 Å². The van der Waals surface area contributed by atoms with Crippen LogP contribution in [0.5, 0.6) is 5.75 Å². The number of aromatic nitrogens is 6. The topological polar surface area (TPSA) is 211 Å². The molecular formula is C51H56F4N10O8S. The van der Waals surface area contributed by atoms with Crippen LogP contribution >= 0.6 is 11.3 Å². The molecule has 6 aromatic rings. The van der Waals surface area contributed by atoms with Crippen molar-refractivity contribution in [1.29, 1.82) is 0 Å². The summed E-state index contributed by atoms with van der Waals surface area (Å²) in [6.07, 6.45) is -0.584. The summed E-state index contributed by atoms with van der Waals surface area (Å²) >= 11 is 0.774. The number of alkyl carbamates (subject to hydrolysis) is 2. The molecule has 4 aliphatic rings. The van der Waals surface area contributed by atoms with Crippen molar-refractivity contribution in [3.05, 3.63) is 82.3 Å². The van der Waals surface area contributed by atoms with Crippen molar-refractivity contribution in [1.82, 2.24) is 49.9 Å². The van der Waals surface area contributed by atoms with Gasteiger partial charge in [0.25, 0.3) is 0 Å². The van der Waals surface area contributed by atoms with E-state index < -0.39 is 60.3 Å². The summed E-state index contributed by atoms with van der Waals surface area (Å²) < 4.78 is 82.7. The molecule has 4 aromatic heterocycles. The van der Waals surface area contributed by atoms with E-state index >= 15 is 4.39 Å². The van der Waals surface area contributed by atoms with Crippen LogP contribution in [0.1, 0.15) is 107 Å². The molecule has 4 aliphatic heterocycles. The summed E-state index contributed by atoms with van der Waals surface area (Å²) in [5.41, 5.74) is 1.95. The number of H-pyrrole nitrogens is 2. The molecule has 0 radical (unpaired) electrons. The van der Waals surface area contributed by atoms with E-state index in [1.807, 2.05) is 39.8 Å². The second-order valence-corrected chi connectivity index (χ2v) is 20.6. The molecular weight excluding hydrogens is 989 g/mol. The fraction of sp³-hybridized carbons (Fsp3) is 0.471. The number of carbonyl (C=O) groups excluding carboxylic acids is 4. The van der Waals surface area contributed by atoms with Crippen molar-refractivity contribution in [3.63, 3.8) is 0 Å². The Balaban J connectivity index is 0.960. The van der Waals surface area contributed by atoms with Gasteiger partial charge in [-0.15, -0.1) is 11.3 Å². The van der Waals surface area contributed by atoms with Crippen molar-refractivity contribution >= 4 is 46.2 Å². The predicted octanol–water partition coefficient (Wildman–Crippen LogP) is 9.28. The Hall–Kier alpha value is -7.01. The highest BCUT2D eigenvalue weighted by Crippen LogP contribution is 2.48. The standard InChI is InChI=1S/C51H56F4N10O8S/c1-24(2)41(61-49(68)70-5)46(66)63-13-7-9-35(63)44-57-22-33(59-44)28-18-31(52)40-37-19-29-17-27(11-12-34(29)65(37)48(73-38(40)20-28)45-60-39(23-74-45)51(53,54)55)32-21-56-43(58-32)36-10-8-14-64(36)47(67)42(62-50(69)71-6)30-15-25(3)72-26(4)16-30/h11-12,17-26,30,35-36,41-42,48H,7-10,13-16H2,1-6H3,(H,56,58)(H,57,59)(H,61,68)(H,62,69)/t25-,26+,30?,35-,36-,41-,42?,48?/m0/s1. The molecule has 392 valence electrons. The third-order valence-electron chi connectivity index (χ3n) is 14.5. The molecule has 2 aromatic carbocycles. The van der Waals surface area contributed by atoms with Crippen molar-refractivity contribution < 1.29 is 55.7 Å². The number of aromatic amines is 2. The van der Waals surface area contributed by atoms with Gasteiger partial charge in [0.05, 0.1) is 79.1 Å². The first-order chi connectivity index (χ1) is 35.4. The summed E-state index contributed by atoms with van der Waals surface area (Å²) in [6, 6.07) is 7.60. The summed E-state index contributed by atoms with van der Waals surface area (Å²) in [7, 11) is 2.49. The minimum Gasteiger partial charge on any atom is -0.462 e. The zero-order valence-electron chi connectivity index (χ0n) is 41.4. The molecule has 0 saturated carbocycles. The van der Waals surface area contributed by atoms with Gasteiger partial charge in [-0.1, -0.05) is 19.9 Å². The Morgan fingerprint density at radius 3 is 2.07 bits per heavy atom.